The Morgan fingerprint density at radius 3 is 1.63 bits per heavy atom. The molecular weight excluding hydrogens is 406 g/mol. The van der Waals surface area contributed by atoms with Gasteiger partial charge in [0.25, 0.3) is 0 Å². The number of aromatic nitrogens is 1. The second kappa shape index (κ2) is 7.63. The van der Waals surface area contributed by atoms with Gasteiger partial charge in [0.2, 0.25) is 0 Å². The fourth-order valence-corrected chi connectivity index (χ4v) is 5.76. The molecule has 0 amide bonds. The summed E-state index contributed by atoms with van der Waals surface area (Å²) in [5.41, 5.74) is 3.66. The quantitative estimate of drug-likeness (QED) is 0.249. The summed E-state index contributed by atoms with van der Waals surface area (Å²) in [6.07, 6.45) is 0. The van der Waals surface area contributed by atoms with Crippen LogP contribution in [0.1, 0.15) is 21.7 Å². The van der Waals surface area contributed by atoms with Gasteiger partial charge in [-0.25, -0.2) is 4.98 Å². The Labute approximate surface area is 184 Å². The minimum atomic E-state index is -0.580. The molecule has 0 radical (unpaired) electrons. The summed E-state index contributed by atoms with van der Waals surface area (Å²) in [6.45, 7) is 0. The smallest absolute Gasteiger partial charge is 0.118 e. The number of benzene rings is 4. The highest BCUT2D eigenvalue weighted by molar-refractivity contribution is 7.80. The van der Waals surface area contributed by atoms with E-state index >= 15 is 0 Å². The van der Waals surface area contributed by atoms with Gasteiger partial charge in [0.1, 0.15) is 10.8 Å². The molecule has 5 rings (SSSR count). The van der Waals surface area contributed by atoms with Gasteiger partial charge in [-0.05, 0) is 28.8 Å². The molecule has 0 aliphatic rings. The van der Waals surface area contributed by atoms with Crippen LogP contribution in [0.3, 0.4) is 0 Å². The molecule has 30 heavy (non-hydrogen) atoms. The molecule has 0 saturated heterocycles. The second-order valence-electron chi connectivity index (χ2n) is 7.18. The molecule has 4 aromatic carbocycles. The van der Waals surface area contributed by atoms with Crippen LogP contribution in [0.25, 0.3) is 10.2 Å². The SMILES string of the molecule is Oc1cc(S)c2nc(C(c3ccccc3)(c3ccccc3)c3ccccc3)sc2c1. The van der Waals surface area contributed by atoms with Crippen molar-refractivity contribution >= 4 is 34.2 Å². The van der Waals surface area contributed by atoms with Gasteiger partial charge in [0, 0.05) is 4.90 Å². The lowest BCUT2D eigenvalue weighted by Crippen LogP contribution is -2.30. The Kier molecular flexibility index (Phi) is 4.81. The third-order valence-corrected chi connectivity index (χ3v) is 6.86. The first kappa shape index (κ1) is 18.9. The van der Waals surface area contributed by atoms with Crippen LogP contribution in [0.15, 0.2) is 108 Å². The predicted molar refractivity (Wildman–Crippen MR) is 127 cm³/mol. The highest BCUT2D eigenvalue weighted by atomic mass is 32.1. The van der Waals surface area contributed by atoms with Crippen molar-refractivity contribution < 1.29 is 5.11 Å². The summed E-state index contributed by atoms with van der Waals surface area (Å²) in [5, 5.41) is 11.1. The minimum Gasteiger partial charge on any atom is -0.508 e. The number of rotatable bonds is 4. The van der Waals surface area contributed by atoms with Crippen molar-refractivity contribution in [2.45, 2.75) is 10.3 Å². The molecule has 0 atom stereocenters. The second-order valence-corrected chi connectivity index (χ2v) is 8.69. The Balaban J connectivity index is 1.93. The zero-order valence-corrected chi connectivity index (χ0v) is 17.8. The van der Waals surface area contributed by atoms with Crippen LogP contribution >= 0.6 is 24.0 Å². The third kappa shape index (κ3) is 3.00. The molecular formula is C26H19NOS2. The van der Waals surface area contributed by atoms with Gasteiger partial charge in [0.05, 0.1) is 15.6 Å². The van der Waals surface area contributed by atoms with E-state index in [1.54, 1.807) is 23.5 Å². The minimum absolute atomic E-state index is 0.201. The van der Waals surface area contributed by atoms with Crippen LogP contribution in [-0.2, 0) is 5.41 Å². The number of phenols is 1. The Morgan fingerprint density at radius 1 is 0.700 bits per heavy atom. The van der Waals surface area contributed by atoms with E-state index in [0.29, 0.717) is 4.90 Å². The molecule has 0 unspecified atom stereocenters. The van der Waals surface area contributed by atoms with Crippen LogP contribution in [0.4, 0.5) is 0 Å². The first-order valence-electron chi connectivity index (χ1n) is 9.69. The zero-order chi connectivity index (χ0) is 20.6. The number of thiazole rings is 1. The summed E-state index contributed by atoms with van der Waals surface area (Å²) in [4.78, 5) is 5.76. The third-order valence-electron chi connectivity index (χ3n) is 5.40. The molecule has 1 aromatic heterocycles. The molecule has 0 fully saturated rings. The first-order chi connectivity index (χ1) is 14.7. The molecule has 0 aliphatic heterocycles. The van der Waals surface area contributed by atoms with E-state index in [2.05, 4.69) is 85.4 Å². The van der Waals surface area contributed by atoms with E-state index in [1.165, 1.54) is 0 Å². The zero-order valence-electron chi connectivity index (χ0n) is 16.1. The highest BCUT2D eigenvalue weighted by Crippen LogP contribution is 2.48. The molecule has 2 nitrogen and oxygen atoms in total. The van der Waals surface area contributed by atoms with E-state index in [4.69, 9.17) is 4.98 Å². The first-order valence-corrected chi connectivity index (χ1v) is 11.0. The molecule has 1 N–H and O–H groups in total. The van der Waals surface area contributed by atoms with Gasteiger partial charge in [-0.15, -0.1) is 24.0 Å². The summed E-state index contributed by atoms with van der Waals surface area (Å²) >= 11 is 6.17. The standard InChI is InChI=1S/C26H19NOS2/c28-21-16-22(29)24-23(17-21)30-25(27-24)26(18-10-4-1-5-11-18,19-12-6-2-7-13-19)20-14-8-3-9-15-20/h1-17,28-29H. The summed E-state index contributed by atoms with van der Waals surface area (Å²) in [5.74, 6) is 0.201. The molecule has 0 bridgehead atoms. The van der Waals surface area contributed by atoms with Gasteiger partial charge in [-0.1, -0.05) is 91.0 Å². The molecule has 1 heterocycles. The van der Waals surface area contributed by atoms with Crippen LogP contribution in [0.2, 0.25) is 0 Å². The lowest BCUT2D eigenvalue weighted by molar-refractivity contribution is 0.475. The number of nitrogens with zero attached hydrogens (tertiary/aromatic N) is 1. The van der Waals surface area contributed by atoms with E-state index in [1.807, 2.05) is 18.2 Å². The van der Waals surface area contributed by atoms with Crippen molar-refractivity contribution in [3.63, 3.8) is 0 Å². The Hall–Kier alpha value is -3.08. The van der Waals surface area contributed by atoms with Crippen molar-refractivity contribution in [1.29, 1.82) is 0 Å². The Bertz CT molecular complexity index is 1200. The van der Waals surface area contributed by atoms with Crippen molar-refractivity contribution in [1.82, 2.24) is 4.98 Å². The number of hydrogen-bond acceptors (Lipinski definition) is 4. The van der Waals surface area contributed by atoms with Crippen LogP contribution < -0.4 is 0 Å². The highest BCUT2D eigenvalue weighted by Gasteiger charge is 2.41. The van der Waals surface area contributed by atoms with Gasteiger partial charge in [-0.2, -0.15) is 0 Å². The van der Waals surface area contributed by atoms with Crippen molar-refractivity contribution in [2.24, 2.45) is 0 Å². The predicted octanol–water partition coefficient (Wildman–Crippen LogP) is 6.67. The van der Waals surface area contributed by atoms with Crippen molar-refractivity contribution in [3.8, 4) is 5.75 Å². The van der Waals surface area contributed by atoms with Crippen molar-refractivity contribution in [3.05, 3.63) is 125 Å². The topological polar surface area (TPSA) is 33.1 Å². The lowest BCUT2D eigenvalue weighted by Gasteiger charge is -2.34. The van der Waals surface area contributed by atoms with Crippen LogP contribution in [0.5, 0.6) is 5.75 Å². The van der Waals surface area contributed by atoms with Gasteiger partial charge in [-0.3, -0.25) is 0 Å². The molecule has 146 valence electrons. The summed E-state index contributed by atoms with van der Waals surface area (Å²) in [6, 6.07) is 34.9. The number of fused-ring (bicyclic) bond motifs is 1. The maximum absolute atomic E-state index is 10.1. The number of hydrogen-bond donors (Lipinski definition) is 2. The molecule has 5 aromatic rings. The maximum atomic E-state index is 10.1. The molecule has 4 heteroatoms. The number of thiol groups is 1. The largest absolute Gasteiger partial charge is 0.508 e. The summed E-state index contributed by atoms with van der Waals surface area (Å²) in [7, 11) is 0. The van der Waals surface area contributed by atoms with Gasteiger partial charge < -0.3 is 5.11 Å². The normalized spacial score (nSPS) is 11.6. The van der Waals surface area contributed by atoms with Crippen molar-refractivity contribution in [2.75, 3.05) is 0 Å². The fourth-order valence-electron chi connectivity index (χ4n) is 4.09. The number of phenolic OH excluding ortho intramolecular Hbond substituents is 1. The maximum Gasteiger partial charge on any atom is 0.118 e. The summed E-state index contributed by atoms with van der Waals surface area (Å²) < 4.78 is 0.919. The van der Waals surface area contributed by atoms with Gasteiger partial charge >= 0.3 is 0 Å². The van der Waals surface area contributed by atoms with E-state index in [9.17, 15) is 5.11 Å². The van der Waals surface area contributed by atoms with Gasteiger partial charge in [0.15, 0.2) is 0 Å². The number of aromatic hydroxyl groups is 1. The molecule has 0 spiro atoms. The average molecular weight is 426 g/mol. The fraction of sp³-hybridized carbons (Fsp3) is 0.0385. The van der Waals surface area contributed by atoms with Crippen LogP contribution in [0, 0.1) is 0 Å². The molecule has 0 saturated carbocycles. The lowest BCUT2D eigenvalue weighted by atomic mass is 9.70. The monoisotopic (exact) mass is 425 g/mol. The van der Waals surface area contributed by atoms with E-state index in [-0.39, 0.29) is 5.75 Å². The van der Waals surface area contributed by atoms with E-state index in [0.717, 1.165) is 31.9 Å². The Morgan fingerprint density at radius 2 is 1.17 bits per heavy atom. The molecule has 0 aliphatic carbocycles. The van der Waals surface area contributed by atoms with Crippen LogP contribution in [-0.4, -0.2) is 10.1 Å². The average Bonchev–Trinajstić information content (AvgIpc) is 3.21. The van der Waals surface area contributed by atoms with E-state index < -0.39 is 5.41 Å².